The molecule has 0 saturated heterocycles. The van der Waals surface area contributed by atoms with E-state index < -0.39 is 23.9 Å². The Hall–Kier alpha value is -3.01. The van der Waals surface area contributed by atoms with Gasteiger partial charge in [0.2, 0.25) is 19.7 Å². The molecule has 0 atom stereocenters. The minimum atomic E-state index is -4.38. The molecule has 0 aliphatic heterocycles. The average molecular weight is 487 g/mol. The van der Waals surface area contributed by atoms with Crippen LogP contribution in [0, 0.1) is 13.8 Å². The van der Waals surface area contributed by atoms with Gasteiger partial charge in [0.1, 0.15) is 0 Å². The molecule has 0 radical (unpaired) electrons. The molecule has 2 N–H and O–H groups in total. The van der Waals surface area contributed by atoms with E-state index in [9.17, 15) is 16.8 Å². The van der Waals surface area contributed by atoms with Crippen molar-refractivity contribution >= 4 is 42.7 Å². The highest BCUT2D eigenvalue weighted by atomic mass is 32.3. The highest BCUT2D eigenvalue weighted by Gasteiger charge is 2.33. The largest absolute Gasteiger partial charge is 0.337 e. The van der Waals surface area contributed by atoms with Crippen LogP contribution >= 0.6 is 12.2 Å². The normalized spacial score (nSPS) is 11.4. The summed E-state index contributed by atoms with van der Waals surface area (Å²) in [7, 11) is -8.76. The van der Waals surface area contributed by atoms with Gasteiger partial charge in [0.25, 0.3) is 0 Å². The van der Waals surface area contributed by atoms with Crippen LogP contribution in [0.1, 0.15) is 11.1 Å². The van der Waals surface area contributed by atoms with Crippen molar-refractivity contribution in [2.45, 2.75) is 23.6 Å². The number of aryl methyl sites for hydroxylation is 2. The van der Waals surface area contributed by atoms with Crippen LogP contribution in [0.4, 0.5) is 5.69 Å². The lowest BCUT2D eigenvalue weighted by Crippen LogP contribution is -2.26. The van der Waals surface area contributed by atoms with Gasteiger partial charge in [-0.3, -0.25) is 0 Å². The van der Waals surface area contributed by atoms with Crippen molar-refractivity contribution < 1.29 is 16.8 Å². The molecule has 0 aliphatic rings. The Morgan fingerprint density at radius 3 is 1.59 bits per heavy atom. The number of sulfone groups is 2. The monoisotopic (exact) mass is 486 g/mol. The molecule has 0 aliphatic carbocycles. The predicted molar refractivity (Wildman–Crippen MR) is 131 cm³/mol. The first kappa shape index (κ1) is 23.6. The first-order valence-corrected chi connectivity index (χ1v) is 12.9. The molecule has 166 valence electrons. The maximum atomic E-state index is 13.4. The van der Waals surface area contributed by atoms with E-state index in [0.717, 1.165) is 17.3 Å². The Bertz CT molecular complexity index is 1270. The zero-order valence-electron chi connectivity index (χ0n) is 17.4. The highest BCUT2D eigenvalue weighted by molar-refractivity contribution is 8.14. The summed E-state index contributed by atoms with van der Waals surface area (Å²) in [5.74, 6) is 0. The second kappa shape index (κ2) is 9.64. The SMILES string of the molecule is Cc1ccc(S(=O)(=O)C(=CNC(=S)Nc2ccccc2)S(=O)(=O)c2ccc(C)cc2)cc1. The number of hydrogen-bond donors (Lipinski definition) is 2. The van der Waals surface area contributed by atoms with E-state index in [0.29, 0.717) is 5.69 Å². The summed E-state index contributed by atoms with van der Waals surface area (Å²) < 4.78 is 52.6. The van der Waals surface area contributed by atoms with Crippen LogP contribution in [0.3, 0.4) is 0 Å². The predicted octanol–water partition coefficient (Wildman–Crippen LogP) is 4.34. The summed E-state index contributed by atoms with van der Waals surface area (Å²) in [5.41, 5.74) is 2.37. The molecule has 9 heteroatoms. The molecule has 0 heterocycles. The van der Waals surface area contributed by atoms with Crippen LogP contribution in [0.2, 0.25) is 0 Å². The summed E-state index contributed by atoms with van der Waals surface area (Å²) in [5, 5.41) is 5.53. The van der Waals surface area contributed by atoms with E-state index in [1.807, 2.05) is 19.9 Å². The summed E-state index contributed by atoms with van der Waals surface area (Å²) >= 11 is 5.21. The fourth-order valence-electron chi connectivity index (χ4n) is 2.78. The number of benzene rings is 3. The molecule has 0 amide bonds. The van der Waals surface area contributed by atoms with Crippen LogP contribution in [0.25, 0.3) is 0 Å². The van der Waals surface area contributed by atoms with Crippen molar-refractivity contribution in [2.24, 2.45) is 0 Å². The molecule has 3 aromatic rings. The molecule has 0 spiro atoms. The first-order valence-electron chi connectivity index (χ1n) is 9.57. The van der Waals surface area contributed by atoms with Crippen LogP contribution < -0.4 is 10.6 Å². The standard InChI is InChI=1S/C23H22N2O4S3/c1-17-8-12-20(13-9-17)31(26,27)22(32(28,29)21-14-10-18(2)11-15-21)16-24-23(30)25-19-6-4-3-5-7-19/h3-16H,1-2H3,(H2,24,25,30). The molecule has 0 aromatic heterocycles. The molecule has 0 unspecified atom stereocenters. The van der Waals surface area contributed by atoms with Gasteiger partial charge < -0.3 is 10.6 Å². The number of hydrogen-bond acceptors (Lipinski definition) is 5. The van der Waals surface area contributed by atoms with E-state index in [1.54, 1.807) is 48.5 Å². The van der Waals surface area contributed by atoms with Gasteiger partial charge in [-0.15, -0.1) is 0 Å². The second-order valence-electron chi connectivity index (χ2n) is 7.06. The maximum absolute atomic E-state index is 13.4. The van der Waals surface area contributed by atoms with Crippen molar-refractivity contribution in [2.75, 3.05) is 5.32 Å². The summed E-state index contributed by atoms with van der Waals surface area (Å²) in [6.45, 7) is 3.62. The third-order valence-corrected chi connectivity index (χ3v) is 9.16. The topological polar surface area (TPSA) is 92.3 Å². The molecule has 3 aromatic carbocycles. The molecule has 0 saturated carbocycles. The lowest BCUT2D eigenvalue weighted by Gasteiger charge is -2.13. The summed E-state index contributed by atoms with van der Waals surface area (Å²) in [4.78, 5) is -0.262. The lowest BCUT2D eigenvalue weighted by molar-refractivity contribution is 0.595. The van der Waals surface area contributed by atoms with E-state index in [4.69, 9.17) is 12.2 Å². The van der Waals surface area contributed by atoms with E-state index in [2.05, 4.69) is 10.6 Å². The number of thiocarbonyl (C=S) groups is 1. The van der Waals surface area contributed by atoms with Crippen LogP contribution in [0.15, 0.2) is 99.1 Å². The third kappa shape index (κ3) is 5.42. The zero-order valence-corrected chi connectivity index (χ0v) is 19.9. The van der Waals surface area contributed by atoms with Crippen molar-refractivity contribution in [1.29, 1.82) is 0 Å². The zero-order chi connectivity index (χ0) is 23.4. The maximum Gasteiger partial charge on any atom is 0.219 e. The highest BCUT2D eigenvalue weighted by Crippen LogP contribution is 2.29. The van der Waals surface area contributed by atoms with Crippen molar-refractivity contribution in [3.63, 3.8) is 0 Å². The van der Waals surface area contributed by atoms with E-state index >= 15 is 0 Å². The van der Waals surface area contributed by atoms with Gasteiger partial charge >= 0.3 is 0 Å². The van der Waals surface area contributed by atoms with Gasteiger partial charge in [-0.25, -0.2) is 16.8 Å². The number of para-hydroxylation sites is 1. The Labute approximate surface area is 193 Å². The second-order valence-corrected chi connectivity index (χ2v) is 11.6. The van der Waals surface area contributed by atoms with Gasteiger partial charge in [0.05, 0.1) is 9.79 Å². The Morgan fingerprint density at radius 1 is 0.719 bits per heavy atom. The van der Waals surface area contributed by atoms with Crippen molar-refractivity contribution in [3.05, 3.63) is 100 Å². The number of nitrogens with one attached hydrogen (secondary N) is 2. The molecule has 0 bridgehead atoms. The minimum absolute atomic E-state index is 0.0481. The van der Waals surface area contributed by atoms with Crippen molar-refractivity contribution in [1.82, 2.24) is 5.32 Å². The lowest BCUT2D eigenvalue weighted by atomic mass is 10.2. The Morgan fingerprint density at radius 2 is 1.16 bits per heavy atom. The quantitative estimate of drug-likeness (QED) is 0.501. The van der Waals surface area contributed by atoms with Gasteiger partial charge in [-0.1, -0.05) is 53.6 Å². The van der Waals surface area contributed by atoms with Crippen LogP contribution in [0.5, 0.6) is 0 Å². The van der Waals surface area contributed by atoms with E-state index in [1.165, 1.54) is 24.3 Å². The third-order valence-electron chi connectivity index (χ3n) is 4.55. The number of rotatable bonds is 6. The van der Waals surface area contributed by atoms with Gasteiger partial charge in [0.15, 0.2) is 9.35 Å². The van der Waals surface area contributed by atoms with Gasteiger partial charge in [-0.05, 0) is 62.5 Å². The average Bonchev–Trinajstić information content (AvgIpc) is 2.75. The Kier molecular flexibility index (Phi) is 7.12. The van der Waals surface area contributed by atoms with Crippen molar-refractivity contribution in [3.8, 4) is 0 Å². The fourth-order valence-corrected chi connectivity index (χ4v) is 6.57. The molecule has 32 heavy (non-hydrogen) atoms. The van der Waals surface area contributed by atoms with E-state index in [-0.39, 0.29) is 14.9 Å². The molecule has 0 fully saturated rings. The van der Waals surface area contributed by atoms with Crippen LogP contribution in [-0.4, -0.2) is 21.9 Å². The minimum Gasteiger partial charge on any atom is -0.337 e. The fraction of sp³-hybridized carbons (Fsp3) is 0.0870. The smallest absolute Gasteiger partial charge is 0.219 e. The summed E-state index contributed by atoms with van der Waals surface area (Å²) in [6.07, 6.45) is 0.919. The molecule has 6 nitrogen and oxygen atoms in total. The number of anilines is 1. The molecular weight excluding hydrogens is 464 g/mol. The first-order chi connectivity index (χ1) is 15.1. The summed E-state index contributed by atoms with van der Waals surface area (Å²) in [6, 6.07) is 20.9. The van der Waals surface area contributed by atoms with Gasteiger partial charge in [-0.2, -0.15) is 0 Å². The van der Waals surface area contributed by atoms with Gasteiger partial charge in [0, 0.05) is 11.9 Å². The van der Waals surface area contributed by atoms with Crippen LogP contribution in [-0.2, 0) is 19.7 Å². The molecular formula is C23H22N2O4S3. The Balaban J connectivity index is 2.04. The molecule has 3 rings (SSSR count).